The van der Waals surface area contributed by atoms with Gasteiger partial charge in [-0.2, -0.15) is 0 Å². The molecule has 3 rings (SSSR count). The predicted octanol–water partition coefficient (Wildman–Crippen LogP) is 6.13. The topological polar surface area (TPSA) is 9.23 Å². The second kappa shape index (κ2) is 4.16. The van der Waals surface area contributed by atoms with E-state index in [1.807, 2.05) is 6.07 Å². The number of halogens is 5. The van der Waals surface area contributed by atoms with Gasteiger partial charge in [-0.3, -0.25) is 0 Å². The van der Waals surface area contributed by atoms with Crippen molar-refractivity contribution < 1.29 is 24.2 Å². The van der Waals surface area contributed by atoms with Crippen LogP contribution in [0.5, 0.6) is 5.75 Å². The molecule has 120 valence electrons. The summed E-state index contributed by atoms with van der Waals surface area (Å²) in [4.78, 5) is 0. The molecule has 22 heavy (non-hydrogen) atoms. The lowest BCUT2D eigenvalue weighted by molar-refractivity contribution is 0.317. The molecule has 1 atom stereocenters. The Balaban J connectivity index is 1.97. The molecule has 0 saturated carbocycles. The van der Waals surface area contributed by atoms with Gasteiger partial charge in [-0.25, -0.2) is 0 Å². The molecule has 0 fully saturated rings. The lowest BCUT2D eigenvalue weighted by atomic mass is 9.97. The lowest BCUT2D eigenvalue weighted by Gasteiger charge is -2.41. The number of rotatable bonds is 3. The van der Waals surface area contributed by atoms with Crippen molar-refractivity contribution in [2.24, 2.45) is 0 Å². The summed E-state index contributed by atoms with van der Waals surface area (Å²) in [5.41, 5.74) is 1.68. The van der Waals surface area contributed by atoms with Crippen molar-refractivity contribution >= 4 is 10.2 Å². The van der Waals surface area contributed by atoms with E-state index in [9.17, 15) is 19.4 Å². The van der Waals surface area contributed by atoms with Gasteiger partial charge in [-0.1, -0.05) is 55.8 Å². The maximum absolute atomic E-state index is 12.7. The molecule has 1 nitrogen and oxygen atoms in total. The van der Waals surface area contributed by atoms with Gasteiger partial charge in [0.2, 0.25) is 0 Å². The van der Waals surface area contributed by atoms with Gasteiger partial charge in [-0.15, -0.1) is 0 Å². The minimum atomic E-state index is -9.47. The van der Waals surface area contributed by atoms with Crippen molar-refractivity contribution in [3.05, 3.63) is 54.1 Å². The average molecular weight is 336 g/mol. The number of fused-ring (bicyclic) bond motifs is 1. The number of hydrogen-bond donors (Lipinski definition) is 0. The van der Waals surface area contributed by atoms with Crippen LogP contribution in [-0.2, 0) is 0 Å². The molecule has 1 aliphatic heterocycles. The summed E-state index contributed by atoms with van der Waals surface area (Å²) in [5.74, 6) is -3.24. The van der Waals surface area contributed by atoms with E-state index < -0.39 is 21.9 Å². The number of ether oxygens (including phenoxy) is 1. The summed E-state index contributed by atoms with van der Waals surface area (Å²) in [6.07, 6.45) is 0. The first kappa shape index (κ1) is 15.1. The summed E-state index contributed by atoms with van der Waals surface area (Å²) in [6, 6.07) is 13.8. The standard InChI is InChI=1S/C15H13F5OS/c16-22(17,18,19,20)10-13-9-21-15-7-6-12(8-14(13)15)11-4-2-1-3-5-11/h1-8,13H,9-10H2. The number of hydrogen-bond acceptors (Lipinski definition) is 1. The van der Waals surface area contributed by atoms with Crippen LogP contribution in [-0.4, -0.2) is 12.4 Å². The highest BCUT2D eigenvalue weighted by Gasteiger charge is 2.64. The molecule has 7 heteroatoms. The minimum absolute atomic E-state index is 0.189. The normalized spacial score (nSPS) is 20.7. The number of benzene rings is 2. The van der Waals surface area contributed by atoms with Crippen LogP contribution in [0, 0.1) is 0 Å². The second-order valence-corrected chi connectivity index (χ2v) is 8.01. The van der Waals surface area contributed by atoms with E-state index in [0.717, 1.165) is 5.56 Å². The first-order chi connectivity index (χ1) is 10.0. The largest absolute Gasteiger partial charge is 0.493 e. The molecular formula is C15H13F5OS. The van der Waals surface area contributed by atoms with Gasteiger partial charge in [0.05, 0.1) is 12.4 Å². The maximum Gasteiger partial charge on any atom is 0.286 e. The zero-order valence-electron chi connectivity index (χ0n) is 11.3. The van der Waals surface area contributed by atoms with Gasteiger partial charge in [-0.05, 0) is 23.3 Å². The van der Waals surface area contributed by atoms with Crippen LogP contribution in [0.4, 0.5) is 19.4 Å². The molecule has 2 aromatic rings. The van der Waals surface area contributed by atoms with Crippen molar-refractivity contribution in [1.29, 1.82) is 0 Å². The summed E-state index contributed by atoms with van der Waals surface area (Å²) in [7, 11) is -9.47. The molecule has 0 spiro atoms. The average Bonchev–Trinajstić information content (AvgIpc) is 2.78. The van der Waals surface area contributed by atoms with Crippen LogP contribution < -0.4 is 4.74 Å². The van der Waals surface area contributed by atoms with E-state index in [4.69, 9.17) is 4.74 Å². The highest BCUT2D eigenvalue weighted by molar-refractivity contribution is 8.45. The van der Waals surface area contributed by atoms with Crippen molar-refractivity contribution in [3.63, 3.8) is 0 Å². The molecule has 0 aromatic heterocycles. The van der Waals surface area contributed by atoms with Gasteiger partial charge in [0.1, 0.15) is 5.75 Å². The molecule has 0 radical (unpaired) electrons. The first-order valence-corrected chi connectivity index (χ1v) is 8.68. The summed E-state index contributed by atoms with van der Waals surface area (Å²) in [5, 5.41) is 0. The van der Waals surface area contributed by atoms with Gasteiger partial charge in [0.15, 0.2) is 0 Å². The van der Waals surface area contributed by atoms with Crippen LogP contribution in [0.2, 0.25) is 0 Å². The van der Waals surface area contributed by atoms with E-state index in [-0.39, 0.29) is 17.9 Å². The predicted molar refractivity (Wildman–Crippen MR) is 78.1 cm³/mol. The molecule has 0 bridgehead atoms. The van der Waals surface area contributed by atoms with Gasteiger partial charge < -0.3 is 4.74 Å². The molecule has 0 amide bonds. The third kappa shape index (κ3) is 3.52. The van der Waals surface area contributed by atoms with Crippen LogP contribution in [0.3, 0.4) is 0 Å². The van der Waals surface area contributed by atoms with E-state index in [1.165, 1.54) is 12.1 Å². The lowest BCUT2D eigenvalue weighted by Crippen LogP contribution is -2.19. The van der Waals surface area contributed by atoms with Crippen molar-refractivity contribution in [2.75, 3.05) is 12.4 Å². The monoisotopic (exact) mass is 336 g/mol. The van der Waals surface area contributed by atoms with E-state index >= 15 is 0 Å². The van der Waals surface area contributed by atoms with Crippen LogP contribution >= 0.6 is 10.2 Å². The molecule has 1 heterocycles. The molecule has 1 unspecified atom stereocenters. The Labute approximate surface area is 124 Å². The van der Waals surface area contributed by atoms with Crippen LogP contribution in [0.1, 0.15) is 11.5 Å². The Kier molecular flexibility index (Phi) is 2.86. The Morgan fingerprint density at radius 3 is 2.23 bits per heavy atom. The van der Waals surface area contributed by atoms with Crippen molar-refractivity contribution in [1.82, 2.24) is 0 Å². The molecule has 1 aliphatic rings. The zero-order valence-corrected chi connectivity index (χ0v) is 12.1. The van der Waals surface area contributed by atoms with E-state index in [1.54, 1.807) is 30.3 Å². The molecule has 0 aliphatic carbocycles. The second-order valence-electron chi connectivity index (χ2n) is 5.42. The Hall–Kier alpha value is -1.76. The van der Waals surface area contributed by atoms with Gasteiger partial charge in [0, 0.05) is 11.5 Å². The Morgan fingerprint density at radius 2 is 1.59 bits per heavy atom. The summed E-state index contributed by atoms with van der Waals surface area (Å²) < 4.78 is 68.8. The van der Waals surface area contributed by atoms with Crippen LogP contribution in [0.25, 0.3) is 11.1 Å². The fraction of sp³-hybridized carbons (Fsp3) is 0.200. The third-order valence-corrected chi connectivity index (χ3v) is 4.55. The highest BCUT2D eigenvalue weighted by Crippen LogP contribution is 2.98. The Morgan fingerprint density at radius 1 is 0.909 bits per heavy atom. The quantitative estimate of drug-likeness (QED) is 0.613. The smallest absolute Gasteiger partial charge is 0.286 e. The van der Waals surface area contributed by atoms with Gasteiger partial charge in [0.25, 0.3) is 10.2 Å². The highest BCUT2D eigenvalue weighted by atomic mass is 32.5. The van der Waals surface area contributed by atoms with Crippen LogP contribution in [0.15, 0.2) is 48.5 Å². The SMILES string of the molecule is FS(F)(F)(F)(F)CC1COc2ccc(-c3ccccc3)cc21. The molecule has 2 aromatic carbocycles. The maximum atomic E-state index is 12.7. The van der Waals surface area contributed by atoms with E-state index in [0.29, 0.717) is 5.56 Å². The van der Waals surface area contributed by atoms with Gasteiger partial charge >= 0.3 is 0 Å². The third-order valence-electron chi connectivity index (χ3n) is 3.51. The van der Waals surface area contributed by atoms with Crippen molar-refractivity contribution in [2.45, 2.75) is 5.92 Å². The molecule has 0 saturated heterocycles. The minimum Gasteiger partial charge on any atom is -0.493 e. The molecule has 0 N–H and O–H groups in total. The fourth-order valence-corrected chi connectivity index (χ4v) is 3.64. The zero-order chi connectivity index (χ0) is 16.1. The summed E-state index contributed by atoms with van der Waals surface area (Å²) >= 11 is 0. The van der Waals surface area contributed by atoms with Crippen molar-refractivity contribution in [3.8, 4) is 16.9 Å². The molecular weight excluding hydrogens is 323 g/mol. The Bertz CT molecular complexity index is 712. The fourth-order valence-electron chi connectivity index (χ4n) is 2.61. The first-order valence-electron chi connectivity index (χ1n) is 6.56. The van der Waals surface area contributed by atoms with E-state index in [2.05, 4.69) is 0 Å². The summed E-state index contributed by atoms with van der Waals surface area (Å²) in [6.45, 7) is -0.376.